The largest absolute Gasteiger partial charge is 0.381 e. The molecule has 0 aromatic heterocycles. The molecule has 0 bridgehead atoms. The fourth-order valence-electron chi connectivity index (χ4n) is 1.10. The zero-order chi connectivity index (χ0) is 9.36. The molecular weight excluding hydrogens is 164 g/mol. The highest BCUT2D eigenvalue weighted by Crippen LogP contribution is 1.99. The Labute approximate surface area is 79.2 Å². The lowest BCUT2D eigenvalue weighted by atomic mass is 10.2. The Kier molecular flexibility index (Phi) is 5.22. The molecule has 0 unspecified atom stereocenters. The van der Waals surface area contributed by atoms with E-state index in [-0.39, 0.29) is 6.61 Å². The smallest absolute Gasteiger partial charge is 0.0844 e. The van der Waals surface area contributed by atoms with Crippen LogP contribution in [-0.2, 0) is 16.3 Å². The molecule has 2 heteroatoms. The summed E-state index contributed by atoms with van der Waals surface area (Å²) < 4.78 is 5.28. The molecule has 1 rings (SSSR count). The van der Waals surface area contributed by atoms with Crippen LogP contribution in [0.1, 0.15) is 12.0 Å². The normalized spacial score (nSPS) is 10.2. The molecule has 1 radical (unpaired) electrons. The predicted molar refractivity (Wildman–Crippen MR) is 51.1 cm³/mol. The Hall–Kier alpha value is -0.860. The van der Waals surface area contributed by atoms with Crippen molar-refractivity contribution >= 4 is 0 Å². The molecular formula is C11H15O2. The molecule has 71 valence electrons. The molecule has 0 fully saturated rings. The molecule has 0 atom stereocenters. The summed E-state index contributed by atoms with van der Waals surface area (Å²) in [6, 6.07) is 10.2. The third-order valence-electron chi connectivity index (χ3n) is 1.81. The van der Waals surface area contributed by atoms with E-state index in [1.165, 1.54) is 5.56 Å². The maximum absolute atomic E-state index is 10.1. The van der Waals surface area contributed by atoms with Crippen molar-refractivity contribution in [3.05, 3.63) is 35.9 Å². The van der Waals surface area contributed by atoms with Gasteiger partial charge in [0.2, 0.25) is 0 Å². The van der Waals surface area contributed by atoms with Crippen LogP contribution >= 0.6 is 0 Å². The highest BCUT2D eigenvalue weighted by atomic mass is 16.5. The zero-order valence-electron chi connectivity index (χ0n) is 7.74. The standard InChI is InChI=1S/C11H15O2/c12-8-4-9-13-10-7-11-5-2-1-3-6-11/h1-3,5-6H,4,7-10H2. The van der Waals surface area contributed by atoms with Gasteiger partial charge < -0.3 is 4.74 Å². The average molecular weight is 179 g/mol. The van der Waals surface area contributed by atoms with Crippen LogP contribution in [0.25, 0.3) is 0 Å². The molecule has 0 saturated heterocycles. The third-order valence-corrected chi connectivity index (χ3v) is 1.81. The minimum atomic E-state index is -0.0364. The van der Waals surface area contributed by atoms with E-state index >= 15 is 0 Å². The van der Waals surface area contributed by atoms with Gasteiger partial charge in [-0.25, -0.2) is 5.11 Å². The van der Waals surface area contributed by atoms with Crippen LogP contribution in [0.5, 0.6) is 0 Å². The molecule has 0 saturated carbocycles. The van der Waals surface area contributed by atoms with Crippen LogP contribution in [-0.4, -0.2) is 19.8 Å². The molecule has 13 heavy (non-hydrogen) atoms. The summed E-state index contributed by atoms with van der Waals surface area (Å²) in [6.45, 7) is 1.27. The lowest BCUT2D eigenvalue weighted by molar-refractivity contribution is 0.101. The van der Waals surface area contributed by atoms with E-state index in [0.717, 1.165) is 6.42 Å². The maximum Gasteiger partial charge on any atom is 0.0844 e. The number of hydrogen-bond acceptors (Lipinski definition) is 1. The van der Waals surface area contributed by atoms with E-state index in [1.54, 1.807) is 0 Å². The van der Waals surface area contributed by atoms with Crippen molar-refractivity contribution in [2.45, 2.75) is 12.8 Å². The first-order chi connectivity index (χ1) is 6.43. The number of benzene rings is 1. The highest BCUT2D eigenvalue weighted by molar-refractivity contribution is 5.14. The summed E-state index contributed by atoms with van der Waals surface area (Å²) in [4.78, 5) is 0. The van der Waals surface area contributed by atoms with Crippen molar-refractivity contribution in [1.29, 1.82) is 0 Å². The monoisotopic (exact) mass is 179 g/mol. The Bertz CT molecular complexity index is 209. The summed E-state index contributed by atoms with van der Waals surface area (Å²) >= 11 is 0. The predicted octanol–water partition coefficient (Wildman–Crippen LogP) is 2.07. The molecule has 0 aliphatic rings. The molecule has 0 amide bonds. The molecule has 0 heterocycles. The van der Waals surface area contributed by atoms with E-state index in [2.05, 4.69) is 12.1 Å². The van der Waals surface area contributed by atoms with Gasteiger partial charge in [0.05, 0.1) is 13.2 Å². The van der Waals surface area contributed by atoms with Crippen LogP contribution in [0.4, 0.5) is 0 Å². The van der Waals surface area contributed by atoms with Gasteiger partial charge in [-0.3, -0.25) is 0 Å². The van der Waals surface area contributed by atoms with Crippen LogP contribution < -0.4 is 0 Å². The van der Waals surface area contributed by atoms with Crippen LogP contribution in [0.2, 0.25) is 0 Å². The minimum absolute atomic E-state index is 0.0364. The summed E-state index contributed by atoms with van der Waals surface area (Å²) in [5, 5.41) is 10.1. The van der Waals surface area contributed by atoms with Crippen molar-refractivity contribution in [1.82, 2.24) is 0 Å². The fourth-order valence-corrected chi connectivity index (χ4v) is 1.10. The fraction of sp³-hybridized carbons (Fsp3) is 0.455. The van der Waals surface area contributed by atoms with Gasteiger partial charge in [0.1, 0.15) is 0 Å². The van der Waals surface area contributed by atoms with Crippen molar-refractivity contribution in [2.75, 3.05) is 19.8 Å². The van der Waals surface area contributed by atoms with Crippen molar-refractivity contribution < 1.29 is 9.84 Å². The topological polar surface area (TPSA) is 29.1 Å². The molecule has 1 aromatic rings. The molecule has 0 aliphatic carbocycles. The third kappa shape index (κ3) is 4.65. The van der Waals surface area contributed by atoms with Gasteiger partial charge in [-0.2, -0.15) is 0 Å². The van der Waals surface area contributed by atoms with Gasteiger partial charge in [-0.1, -0.05) is 30.3 Å². The SMILES string of the molecule is [O]CCCOCCc1ccccc1. The first-order valence-corrected chi connectivity index (χ1v) is 4.63. The van der Waals surface area contributed by atoms with E-state index in [4.69, 9.17) is 4.74 Å². The zero-order valence-corrected chi connectivity index (χ0v) is 7.74. The number of rotatable bonds is 6. The molecule has 0 N–H and O–H groups in total. The molecule has 1 aromatic carbocycles. The molecule has 0 aliphatic heterocycles. The van der Waals surface area contributed by atoms with Gasteiger partial charge >= 0.3 is 0 Å². The number of ether oxygens (including phenoxy) is 1. The Morgan fingerprint density at radius 1 is 1.08 bits per heavy atom. The second-order valence-electron chi connectivity index (χ2n) is 2.91. The van der Waals surface area contributed by atoms with Gasteiger partial charge in [0, 0.05) is 6.61 Å². The highest BCUT2D eigenvalue weighted by Gasteiger charge is 1.91. The lowest BCUT2D eigenvalue weighted by Crippen LogP contribution is -2.01. The Morgan fingerprint density at radius 2 is 1.85 bits per heavy atom. The summed E-state index contributed by atoms with van der Waals surface area (Å²) in [5.41, 5.74) is 1.28. The van der Waals surface area contributed by atoms with Crippen molar-refractivity contribution in [3.63, 3.8) is 0 Å². The summed E-state index contributed by atoms with van der Waals surface area (Å²) in [7, 11) is 0. The van der Waals surface area contributed by atoms with Crippen molar-refractivity contribution in [2.24, 2.45) is 0 Å². The first-order valence-electron chi connectivity index (χ1n) is 4.63. The van der Waals surface area contributed by atoms with Crippen LogP contribution in [0, 0.1) is 0 Å². The van der Waals surface area contributed by atoms with E-state index in [0.29, 0.717) is 19.6 Å². The van der Waals surface area contributed by atoms with Crippen LogP contribution in [0.15, 0.2) is 30.3 Å². The second-order valence-corrected chi connectivity index (χ2v) is 2.91. The average Bonchev–Trinajstić information content (AvgIpc) is 2.19. The second kappa shape index (κ2) is 6.63. The molecule has 2 nitrogen and oxygen atoms in total. The van der Waals surface area contributed by atoms with Gasteiger partial charge in [0.25, 0.3) is 0 Å². The van der Waals surface area contributed by atoms with Gasteiger partial charge in [-0.15, -0.1) is 0 Å². The Balaban J connectivity index is 2.07. The quantitative estimate of drug-likeness (QED) is 0.614. The minimum Gasteiger partial charge on any atom is -0.381 e. The van der Waals surface area contributed by atoms with Gasteiger partial charge in [-0.05, 0) is 18.4 Å². The van der Waals surface area contributed by atoms with E-state index < -0.39 is 0 Å². The lowest BCUT2D eigenvalue weighted by Gasteiger charge is -2.02. The van der Waals surface area contributed by atoms with Crippen LogP contribution in [0.3, 0.4) is 0 Å². The number of hydrogen-bond donors (Lipinski definition) is 0. The summed E-state index contributed by atoms with van der Waals surface area (Å²) in [5.74, 6) is 0. The van der Waals surface area contributed by atoms with Crippen molar-refractivity contribution in [3.8, 4) is 0 Å². The summed E-state index contributed by atoms with van der Waals surface area (Å²) in [6.07, 6.45) is 1.55. The van der Waals surface area contributed by atoms with E-state index in [9.17, 15) is 5.11 Å². The first kappa shape index (κ1) is 10.2. The van der Waals surface area contributed by atoms with Gasteiger partial charge in [0.15, 0.2) is 0 Å². The molecule has 0 spiro atoms. The Morgan fingerprint density at radius 3 is 2.54 bits per heavy atom. The maximum atomic E-state index is 10.1. The van der Waals surface area contributed by atoms with E-state index in [1.807, 2.05) is 18.2 Å².